The number of nitrogens with zero attached hydrogens (tertiary/aromatic N) is 3. The number of halogens is 1. The molecule has 3 rings (SSSR count). The molecule has 100 valence electrons. The van der Waals surface area contributed by atoms with E-state index in [0.717, 1.165) is 32.0 Å². The van der Waals surface area contributed by atoms with Gasteiger partial charge in [0.05, 0.1) is 11.7 Å². The molecule has 5 nitrogen and oxygen atoms in total. The maximum absolute atomic E-state index is 12.8. The second kappa shape index (κ2) is 4.70. The van der Waals surface area contributed by atoms with Crippen LogP contribution in [0.15, 0.2) is 22.9 Å². The molecule has 0 aliphatic carbocycles. The fraction of sp³-hybridized carbons (Fsp3) is 0.462. The molecule has 1 aliphatic rings. The number of pyridine rings is 1. The Kier molecular flexibility index (Phi) is 3.02. The zero-order chi connectivity index (χ0) is 13.3. The van der Waals surface area contributed by atoms with Gasteiger partial charge >= 0.3 is 0 Å². The van der Waals surface area contributed by atoms with E-state index in [9.17, 15) is 4.39 Å². The number of hydrogen-bond donors (Lipinski definition) is 1. The zero-order valence-electron chi connectivity index (χ0n) is 10.7. The summed E-state index contributed by atoms with van der Waals surface area (Å²) in [5, 5.41) is 7.38. The molecular formula is C13H15FN4O. The average Bonchev–Trinajstić information content (AvgIpc) is 3.09. The van der Waals surface area contributed by atoms with Crippen molar-refractivity contribution in [3.63, 3.8) is 0 Å². The van der Waals surface area contributed by atoms with Gasteiger partial charge in [-0.2, -0.15) is 4.98 Å². The Morgan fingerprint density at radius 3 is 3.00 bits per heavy atom. The van der Waals surface area contributed by atoms with E-state index in [1.807, 2.05) is 0 Å². The lowest BCUT2D eigenvalue weighted by molar-refractivity contribution is 0.250. The molecule has 1 unspecified atom stereocenters. The van der Waals surface area contributed by atoms with Crippen molar-refractivity contribution in [2.24, 2.45) is 0 Å². The predicted octanol–water partition coefficient (Wildman–Crippen LogP) is 2.26. The van der Waals surface area contributed by atoms with Gasteiger partial charge in [0, 0.05) is 0 Å². The molecule has 1 saturated heterocycles. The van der Waals surface area contributed by atoms with E-state index in [1.165, 1.54) is 6.07 Å². The van der Waals surface area contributed by atoms with Gasteiger partial charge in [-0.1, -0.05) is 12.1 Å². The van der Waals surface area contributed by atoms with Gasteiger partial charge in [0.25, 0.3) is 0 Å². The van der Waals surface area contributed by atoms with Gasteiger partial charge in [0.2, 0.25) is 11.7 Å². The van der Waals surface area contributed by atoms with E-state index in [2.05, 4.69) is 27.4 Å². The summed E-state index contributed by atoms with van der Waals surface area (Å²) in [5.74, 6) is 0.611. The van der Waals surface area contributed by atoms with Crippen LogP contribution in [-0.4, -0.2) is 21.7 Å². The molecule has 2 aromatic heterocycles. The van der Waals surface area contributed by atoms with Crippen LogP contribution in [0.1, 0.15) is 32.1 Å². The maximum atomic E-state index is 12.8. The highest BCUT2D eigenvalue weighted by Gasteiger charge is 2.39. The topological polar surface area (TPSA) is 63.8 Å². The Bertz CT molecular complexity index is 560. The van der Waals surface area contributed by atoms with Crippen molar-refractivity contribution >= 4 is 0 Å². The van der Waals surface area contributed by atoms with Gasteiger partial charge in [0.1, 0.15) is 11.5 Å². The SMILES string of the molecule is CCC1(c2nc(-c3ccc(F)cn3)no2)CCCN1. The third kappa shape index (κ3) is 2.12. The maximum Gasteiger partial charge on any atom is 0.247 e. The Morgan fingerprint density at radius 1 is 1.47 bits per heavy atom. The fourth-order valence-corrected chi connectivity index (χ4v) is 2.47. The monoisotopic (exact) mass is 262 g/mol. The summed E-state index contributed by atoms with van der Waals surface area (Å²) in [7, 11) is 0. The summed E-state index contributed by atoms with van der Waals surface area (Å²) >= 11 is 0. The quantitative estimate of drug-likeness (QED) is 0.919. The molecule has 1 fully saturated rings. The molecule has 0 amide bonds. The fourth-order valence-electron chi connectivity index (χ4n) is 2.47. The van der Waals surface area contributed by atoms with Crippen molar-refractivity contribution in [2.75, 3.05) is 6.54 Å². The Labute approximate surface area is 110 Å². The van der Waals surface area contributed by atoms with E-state index in [0.29, 0.717) is 17.4 Å². The van der Waals surface area contributed by atoms with Gasteiger partial charge in [-0.25, -0.2) is 9.37 Å². The molecule has 0 saturated carbocycles. The van der Waals surface area contributed by atoms with Crippen LogP contribution in [0.25, 0.3) is 11.5 Å². The highest BCUT2D eigenvalue weighted by atomic mass is 19.1. The summed E-state index contributed by atoms with van der Waals surface area (Å²) in [6.07, 6.45) is 4.13. The molecular weight excluding hydrogens is 247 g/mol. The van der Waals surface area contributed by atoms with Crippen LogP contribution in [0.3, 0.4) is 0 Å². The molecule has 19 heavy (non-hydrogen) atoms. The van der Waals surface area contributed by atoms with E-state index in [-0.39, 0.29) is 11.4 Å². The van der Waals surface area contributed by atoms with E-state index in [4.69, 9.17) is 4.52 Å². The van der Waals surface area contributed by atoms with Gasteiger partial charge in [0.15, 0.2) is 0 Å². The molecule has 1 atom stereocenters. The predicted molar refractivity (Wildman–Crippen MR) is 66.7 cm³/mol. The van der Waals surface area contributed by atoms with Gasteiger partial charge in [-0.05, 0) is 37.9 Å². The van der Waals surface area contributed by atoms with Crippen LogP contribution in [0.5, 0.6) is 0 Å². The molecule has 1 aliphatic heterocycles. The van der Waals surface area contributed by atoms with Crippen LogP contribution in [-0.2, 0) is 5.54 Å². The summed E-state index contributed by atoms with van der Waals surface area (Å²) in [6.45, 7) is 3.05. The largest absolute Gasteiger partial charge is 0.337 e. The van der Waals surface area contributed by atoms with Gasteiger partial charge in [-0.15, -0.1) is 0 Å². The normalized spacial score (nSPS) is 22.8. The third-order valence-corrected chi connectivity index (χ3v) is 3.64. The van der Waals surface area contributed by atoms with Crippen LogP contribution in [0.2, 0.25) is 0 Å². The molecule has 2 aromatic rings. The number of hydrogen-bond acceptors (Lipinski definition) is 5. The second-order valence-corrected chi connectivity index (χ2v) is 4.75. The summed E-state index contributed by atoms with van der Waals surface area (Å²) < 4.78 is 18.2. The molecule has 0 radical (unpaired) electrons. The zero-order valence-corrected chi connectivity index (χ0v) is 10.7. The Morgan fingerprint density at radius 2 is 2.37 bits per heavy atom. The van der Waals surface area contributed by atoms with Crippen molar-refractivity contribution in [1.82, 2.24) is 20.4 Å². The lowest BCUT2D eigenvalue weighted by atomic mass is 9.94. The lowest BCUT2D eigenvalue weighted by Crippen LogP contribution is -2.36. The van der Waals surface area contributed by atoms with Crippen molar-refractivity contribution in [3.8, 4) is 11.5 Å². The minimum absolute atomic E-state index is 0.217. The van der Waals surface area contributed by atoms with Gasteiger partial charge < -0.3 is 9.84 Å². The first-order valence-electron chi connectivity index (χ1n) is 6.45. The third-order valence-electron chi connectivity index (χ3n) is 3.64. The Hall–Kier alpha value is -1.82. The minimum atomic E-state index is -0.380. The highest BCUT2D eigenvalue weighted by molar-refractivity contribution is 5.47. The van der Waals surface area contributed by atoms with Crippen LogP contribution >= 0.6 is 0 Å². The van der Waals surface area contributed by atoms with Gasteiger partial charge in [-0.3, -0.25) is 0 Å². The molecule has 1 N–H and O–H groups in total. The van der Waals surface area contributed by atoms with Crippen LogP contribution in [0, 0.1) is 5.82 Å². The molecule has 0 aromatic carbocycles. The van der Waals surface area contributed by atoms with Crippen molar-refractivity contribution < 1.29 is 8.91 Å². The first-order chi connectivity index (χ1) is 9.23. The van der Waals surface area contributed by atoms with E-state index in [1.54, 1.807) is 6.07 Å². The molecule has 6 heteroatoms. The van der Waals surface area contributed by atoms with Crippen LogP contribution in [0.4, 0.5) is 4.39 Å². The summed E-state index contributed by atoms with van der Waals surface area (Å²) in [6, 6.07) is 2.88. The van der Waals surface area contributed by atoms with E-state index < -0.39 is 0 Å². The number of aromatic nitrogens is 3. The number of rotatable bonds is 3. The minimum Gasteiger partial charge on any atom is -0.337 e. The first-order valence-corrected chi connectivity index (χ1v) is 6.45. The summed E-state index contributed by atoms with van der Waals surface area (Å²) in [5.41, 5.74) is 0.298. The molecule has 0 spiro atoms. The Balaban J connectivity index is 1.92. The first kappa shape index (κ1) is 12.2. The van der Waals surface area contributed by atoms with E-state index >= 15 is 0 Å². The van der Waals surface area contributed by atoms with Crippen LogP contribution < -0.4 is 5.32 Å². The second-order valence-electron chi connectivity index (χ2n) is 4.75. The summed E-state index contributed by atoms with van der Waals surface area (Å²) in [4.78, 5) is 8.37. The number of nitrogens with one attached hydrogen (secondary N) is 1. The average molecular weight is 262 g/mol. The lowest BCUT2D eigenvalue weighted by Gasteiger charge is -2.22. The van der Waals surface area contributed by atoms with Crippen molar-refractivity contribution in [1.29, 1.82) is 0 Å². The smallest absolute Gasteiger partial charge is 0.247 e. The molecule has 3 heterocycles. The van der Waals surface area contributed by atoms with Crippen molar-refractivity contribution in [3.05, 3.63) is 30.0 Å². The standard InChI is InChI=1S/C13H15FN4O/c1-2-13(6-3-7-16-13)12-17-11(18-19-12)10-5-4-9(14)8-15-10/h4-5,8,16H,2-3,6-7H2,1H3. The van der Waals surface area contributed by atoms with Crippen molar-refractivity contribution in [2.45, 2.75) is 31.7 Å². The highest BCUT2D eigenvalue weighted by Crippen LogP contribution is 2.33. The molecule has 0 bridgehead atoms.